The lowest BCUT2D eigenvalue weighted by Crippen LogP contribution is -2.16. The van der Waals surface area contributed by atoms with Crippen molar-refractivity contribution < 1.29 is 19.1 Å². The van der Waals surface area contributed by atoms with Crippen LogP contribution in [-0.2, 0) is 4.79 Å². The average Bonchev–Trinajstić information content (AvgIpc) is 2.79. The predicted octanol–water partition coefficient (Wildman–Crippen LogP) is 5.30. The largest absolute Gasteiger partial charge is 0.496 e. The van der Waals surface area contributed by atoms with Crippen molar-refractivity contribution in [1.29, 1.82) is 0 Å². The molecule has 0 atom stereocenters. The summed E-state index contributed by atoms with van der Waals surface area (Å²) in [6.45, 7) is 3.94. The molecular weight excluding hydrogens is 424 g/mol. The van der Waals surface area contributed by atoms with E-state index in [4.69, 9.17) is 9.47 Å². The maximum Gasteiger partial charge on any atom is 0.263 e. The molecule has 0 heterocycles. The number of benzene rings is 3. The van der Waals surface area contributed by atoms with Gasteiger partial charge in [0.2, 0.25) is 5.91 Å². The number of nitrogens with one attached hydrogen (secondary N) is 2. The summed E-state index contributed by atoms with van der Waals surface area (Å²) in [7, 11) is 3.01. The molecule has 0 saturated heterocycles. The van der Waals surface area contributed by atoms with Gasteiger partial charge in [-0.1, -0.05) is 30.3 Å². The molecule has 0 aliphatic rings. The Bertz CT molecular complexity index is 1090. The van der Waals surface area contributed by atoms with Gasteiger partial charge in [0.05, 0.1) is 20.0 Å². The van der Waals surface area contributed by atoms with Crippen molar-refractivity contribution in [2.75, 3.05) is 30.6 Å². The van der Waals surface area contributed by atoms with Crippen molar-refractivity contribution in [2.24, 2.45) is 0 Å². The van der Waals surface area contributed by atoms with Gasteiger partial charge in [0.1, 0.15) is 17.1 Å². The van der Waals surface area contributed by atoms with Crippen molar-refractivity contribution in [1.82, 2.24) is 0 Å². The number of hydrogen-bond donors (Lipinski definition) is 2. The van der Waals surface area contributed by atoms with E-state index in [-0.39, 0.29) is 17.6 Å². The molecule has 0 bridgehead atoms. The Morgan fingerprint density at radius 1 is 0.844 bits per heavy atom. The summed E-state index contributed by atoms with van der Waals surface area (Å²) in [5.74, 6) is 0.687. The molecule has 0 aliphatic carbocycles. The monoisotopic (exact) mass is 450 g/mol. The van der Waals surface area contributed by atoms with Crippen LogP contribution in [-0.4, -0.2) is 31.8 Å². The quantitative estimate of drug-likeness (QED) is 0.455. The third kappa shape index (κ3) is 5.62. The van der Waals surface area contributed by atoms with E-state index in [1.165, 1.54) is 26.0 Å². The van der Waals surface area contributed by atoms with E-state index in [0.717, 1.165) is 21.7 Å². The van der Waals surface area contributed by atoms with Crippen LogP contribution in [0.15, 0.2) is 65.6 Å². The van der Waals surface area contributed by atoms with E-state index in [1.54, 1.807) is 24.3 Å². The molecule has 3 aromatic rings. The normalized spacial score (nSPS) is 10.4. The van der Waals surface area contributed by atoms with Crippen molar-refractivity contribution in [2.45, 2.75) is 18.7 Å². The van der Waals surface area contributed by atoms with E-state index in [2.05, 4.69) is 10.6 Å². The summed E-state index contributed by atoms with van der Waals surface area (Å²) >= 11 is 1.40. The summed E-state index contributed by atoms with van der Waals surface area (Å²) in [6, 6.07) is 18.4. The predicted molar refractivity (Wildman–Crippen MR) is 129 cm³/mol. The minimum absolute atomic E-state index is 0.0828. The van der Waals surface area contributed by atoms with Gasteiger partial charge in [-0.3, -0.25) is 9.59 Å². The minimum atomic E-state index is -0.339. The fraction of sp³-hybridized carbons (Fsp3) is 0.200. The first-order chi connectivity index (χ1) is 15.4. The SMILES string of the molecule is COc1cccc(OC)c1C(=O)Nc1cccc(SCC(=O)Nc2c(C)cccc2C)c1. The summed E-state index contributed by atoms with van der Waals surface area (Å²) in [5.41, 5.74) is 3.84. The highest BCUT2D eigenvalue weighted by molar-refractivity contribution is 8.00. The second kappa shape index (κ2) is 10.7. The van der Waals surface area contributed by atoms with Gasteiger partial charge in [0, 0.05) is 16.3 Å². The lowest BCUT2D eigenvalue weighted by molar-refractivity contribution is -0.113. The molecule has 0 spiro atoms. The standard InChI is InChI=1S/C25H26N2O4S/c1-16-8-5-9-17(2)24(16)27-22(28)15-32-19-11-6-10-18(14-19)26-25(29)23-20(30-3)12-7-13-21(23)31-4/h5-14H,15H2,1-4H3,(H,26,29)(H,27,28). The third-order valence-corrected chi connectivity index (χ3v) is 5.86. The van der Waals surface area contributed by atoms with Crippen molar-refractivity contribution in [3.63, 3.8) is 0 Å². The second-order valence-corrected chi connectivity index (χ2v) is 8.17. The Labute approximate surface area is 192 Å². The first-order valence-corrected chi connectivity index (χ1v) is 11.0. The Balaban J connectivity index is 1.66. The Kier molecular flexibility index (Phi) is 7.78. The molecule has 7 heteroatoms. The molecule has 2 amide bonds. The van der Waals surface area contributed by atoms with Crippen LogP contribution in [0.25, 0.3) is 0 Å². The van der Waals surface area contributed by atoms with Gasteiger partial charge in [-0.25, -0.2) is 0 Å². The second-order valence-electron chi connectivity index (χ2n) is 7.12. The fourth-order valence-corrected chi connectivity index (χ4v) is 4.02. The lowest BCUT2D eigenvalue weighted by atomic mass is 10.1. The van der Waals surface area contributed by atoms with Crippen LogP contribution in [0, 0.1) is 13.8 Å². The Hall–Kier alpha value is -3.45. The van der Waals surface area contributed by atoms with Gasteiger partial charge in [0.15, 0.2) is 0 Å². The van der Waals surface area contributed by atoms with Crippen molar-refractivity contribution >= 4 is 35.0 Å². The van der Waals surface area contributed by atoms with Crippen LogP contribution in [0.4, 0.5) is 11.4 Å². The first kappa shape index (κ1) is 23.2. The molecule has 0 radical (unpaired) electrons. The Morgan fingerprint density at radius 3 is 2.06 bits per heavy atom. The number of aryl methyl sites for hydroxylation is 2. The molecular formula is C25H26N2O4S. The summed E-state index contributed by atoms with van der Waals surface area (Å²) in [4.78, 5) is 26.2. The summed E-state index contributed by atoms with van der Waals surface area (Å²) in [6.07, 6.45) is 0. The molecule has 2 N–H and O–H groups in total. The Morgan fingerprint density at radius 2 is 1.44 bits per heavy atom. The highest BCUT2D eigenvalue weighted by Gasteiger charge is 2.18. The number of carbonyl (C=O) groups is 2. The van der Waals surface area contributed by atoms with Crippen LogP contribution in [0.2, 0.25) is 0 Å². The zero-order valence-electron chi connectivity index (χ0n) is 18.5. The molecule has 6 nitrogen and oxygen atoms in total. The minimum Gasteiger partial charge on any atom is -0.496 e. The lowest BCUT2D eigenvalue weighted by Gasteiger charge is -2.13. The van der Waals surface area contributed by atoms with Crippen LogP contribution < -0.4 is 20.1 Å². The van der Waals surface area contributed by atoms with Gasteiger partial charge >= 0.3 is 0 Å². The number of methoxy groups -OCH3 is 2. The number of ether oxygens (including phenoxy) is 2. The molecule has 3 rings (SSSR count). The van der Waals surface area contributed by atoms with Crippen LogP contribution in [0.5, 0.6) is 11.5 Å². The summed E-state index contributed by atoms with van der Waals surface area (Å²) in [5, 5.41) is 5.86. The number of para-hydroxylation sites is 1. The number of carbonyl (C=O) groups excluding carboxylic acids is 2. The highest BCUT2D eigenvalue weighted by atomic mass is 32.2. The van der Waals surface area contributed by atoms with E-state index in [0.29, 0.717) is 22.7 Å². The molecule has 0 fully saturated rings. The molecule has 0 aromatic heterocycles. The molecule has 0 unspecified atom stereocenters. The first-order valence-electron chi connectivity index (χ1n) is 10.0. The number of anilines is 2. The van der Waals surface area contributed by atoms with Crippen LogP contribution >= 0.6 is 11.8 Å². The number of rotatable bonds is 8. The van der Waals surface area contributed by atoms with Crippen molar-refractivity contribution in [3.05, 3.63) is 77.4 Å². The number of thioether (sulfide) groups is 1. The zero-order valence-corrected chi connectivity index (χ0v) is 19.3. The van der Waals surface area contributed by atoms with Crippen LogP contribution in [0.3, 0.4) is 0 Å². The van der Waals surface area contributed by atoms with Gasteiger partial charge in [-0.15, -0.1) is 11.8 Å². The smallest absolute Gasteiger partial charge is 0.263 e. The summed E-state index contributed by atoms with van der Waals surface area (Å²) < 4.78 is 10.6. The molecule has 0 saturated carbocycles. The molecule has 166 valence electrons. The molecule has 3 aromatic carbocycles. The van der Waals surface area contributed by atoms with E-state index in [1.807, 2.05) is 50.2 Å². The maximum atomic E-state index is 12.9. The van der Waals surface area contributed by atoms with Gasteiger partial charge < -0.3 is 20.1 Å². The highest BCUT2D eigenvalue weighted by Crippen LogP contribution is 2.30. The van der Waals surface area contributed by atoms with Gasteiger partial charge in [0.25, 0.3) is 5.91 Å². The number of amides is 2. The van der Waals surface area contributed by atoms with Gasteiger partial charge in [-0.2, -0.15) is 0 Å². The van der Waals surface area contributed by atoms with Crippen molar-refractivity contribution in [3.8, 4) is 11.5 Å². The number of hydrogen-bond acceptors (Lipinski definition) is 5. The van der Waals surface area contributed by atoms with Crippen LogP contribution in [0.1, 0.15) is 21.5 Å². The third-order valence-electron chi connectivity index (χ3n) is 4.86. The molecule has 0 aliphatic heterocycles. The fourth-order valence-electron chi connectivity index (χ4n) is 3.27. The van der Waals surface area contributed by atoms with E-state index >= 15 is 0 Å². The maximum absolute atomic E-state index is 12.9. The topological polar surface area (TPSA) is 76.7 Å². The van der Waals surface area contributed by atoms with E-state index < -0.39 is 0 Å². The molecule has 32 heavy (non-hydrogen) atoms. The van der Waals surface area contributed by atoms with E-state index in [9.17, 15) is 9.59 Å². The van der Waals surface area contributed by atoms with Gasteiger partial charge in [-0.05, 0) is 55.3 Å². The average molecular weight is 451 g/mol. The zero-order chi connectivity index (χ0) is 23.1.